The fraction of sp³-hybridized carbons (Fsp3) is 0.545. The fourth-order valence-electron chi connectivity index (χ4n) is 10.9. The number of alkyl carbamates (subject to hydrolysis) is 1. The monoisotopic (exact) mass is 1080 g/mol. The molecule has 4 amide bonds. The van der Waals surface area contributed by atoms with Gasteiger partial charge in [0.15, 0.2) is 27.5 Å². The van der Waals surface area contributed by atoms with Gasteiger partial charge in [-0.15, -0.1) is 0 Å². The highest BCUT2D eigenvalue weighted by Crippen LogP contribution is 2.39. The number of nitrogens with one attached hydrogen (secondary N) is 5. The van der Waals surface area contributed by atoms with Crippen molar-refractivity contribution in [1.82, 2.24) is 51.0 Å². The lowest BCUT2D eigenvalue weighted by Crippen LogP contribution is -2.57. The first-order valence-corrected chi connectivity index (χ1v) is 28.4. The van der Waals surface area contributed by atoms with Crippen LogP contribution in [0.15, 0.2) is 60.0 Å². The zero-order valence-electron chi connectivity index (χ0n) is 45.1. The van der Waals surface area contributed by atoms with E-state index < -0.39 is 50.9 Å². The minimum atomic E-state index is -3.88. The number of aromatic amines is 1. The Labute approximate surface area is 449 Å². The fourth-order valence-corrected chi connectivity index (χ4v) is 12.2. The third-order valence-corrected chi connectivity index (χ3v) is 18.2. The lowest BCUT2D eigenvalue weighted by molar-refractivity contribution is -0.144. The van der Waals surface area contributed by atoms with Crippen molar-refractivity contribution in [2.75, 3.05) is 43.5 Å². The first-order valence-electron chi connectivity index (χ1n) is 26.9. The number of likely N-dealkylation sites (tertiary alicyclic amines) is 1. The van der Waals surface area contributed by atoms with Gasteiger partial charge in [-0.05, 0) is 116 Å². The van der Waals surface area contributed by atoms with Gasteiger partial charge < -0.3 is 45.3 Å². The van der Waals surface area contributed by atoms with Crippen molar-refractivity contribution >= 4 is 62.1 Å². The number of fused-ring (bicyclic) bond motifs is 2. The number of H-pyrrole nitrogens is 1. The molecule has 77 heavy (non-hydrogen) atoms. The summed E-state index contributed by atoms with van der Waals surface area (Å²) in [6.07, 6.45) is 10.7. The van der Waals surface area contributed by atoms with E-state index >= 15 is 0 Å². The Morgan fingerprint density at radius 2 is 1.65 bits per heavy atom. The van der Waals surface area contributed by atoms with Gasteiger partial charge >= 0.3 is 6.09 Å². The smallest absolute Gasteiger partial charge is 0.407 e. The second-order valence-corrected chi connectivity index (χ2v) is 24.5. The maximum atomic E-state index is 14.9. The van der Waals surface area contributed by atoms with Gasteiger partial charge in [-0.1, -0.05) is 43.5 Å². The van der Waals surface area contributed by atoms with Crippen LogP contribution in [-0.2, 0) is 35.4 Å². The molecule has 3 fully saturated rings. The summed E-state index contributed by atoms with van der Waals surface area (Å²) in [5.74, 6) is 0.798. The molecule has 5 atom stereocenters. The molecule has 2 aromatic carbocycles. The number of piperidine rings is 1. The Kier molecular flexibility index (Phi) is 16.5. The van der Waals surface area contributed by atoms with Gasteiger partial charge in [0.1, 0.15) is 41.0 Å². The summed E-state index contributed by atoms with van der Waals surface area (Å²) in [7, 11) is -2.47. The van der Waals surface area contributed by atoms with Gasteiger partial charge in [0.2, 0.25) is 17.8 Å². The van der Waals surface area contributed by atoms with Crippen molar-refractivity contribution in [3.8, 4) is 11.5 Å². The van der Waals surface area contributed by atoms with Crippen LogP contribution in [0.25, 0.3) is 10.9 Å². The lowest BCUT2D eigenvalue weighted by Gasteiger charge is -2.35. The normalized spacial score (nSPS) is 20.2. The molecule has 2 saturated heterocycles. The molecule has 2 unspecified atom stereocenters. The zero-order chi connectivity index (χ0) is 54.6. The third kappa shape index (κ3) is 12.2. The van der Waals surface area contributed by atoms with E-state index in [0.29, 0.717) is 47.3 Å². The van der Waals surface area contributed by atoms with Gasteiger partial charge in [0, 0.05) is 49.3 Å². The highest BCUT2D eigenvalue weighted by atomic mass is 32.2. The number of aromatic nitrogens is 6. The van der Waals surface area contributed by atoms with E-state index in [1.165, 1.54) is 25.9 Å². The van der Waals surface area contributed by atoms with E-state index in [-0.39, 0.29) is 59.9 Å². The van der Waals surface area contributed by atoms with Crippen molar-refractivity contribution in [2.45, 2.75) is 152 Å². The molecule has 0 radical (unpaired) electrons. The second-order valence-electron chi connectivity index (χ2n) is 21.9. The van der Waals surface area contributed by atoms with Crippen LogP contribution in [0.1, 0.15) is 120 Å². The minimum absolute atomic E-state index is 0.0630. The van der Waals surface area contributed by atoms with Crippen LogP contribution >= 0.6 is 0 Å². The Hall–Kier alpha value is -7.10. The predicted octanol–water partition coefficient (Wildman–Crippen LogP) is 6.72. The van der Waals surface area contributed by atoms with Crippen molar-refractivity contribution < 1.29 is 41.8 Å². The standard InChI is InChI=1S/C55H72N12O9S/c1-32-33(2)64-65-48(32)63-49-41-25-46(77(72,73)55(4,5)6)45(26-43(41)59-31-60-49)74-30-35-20-22-66(23-21-35)53-57-27-39(28-58-53)76-38-24-44(51(69)61-42-19-13-17-36-14-11-12-18-40(36)42)67(29-38)52(70)47(37-15-9-8-10-16-37)62-50(68)34(3)75-54(71)56-7/h11-12,14,18,25-28,31,34-35,37-38,42,44,47H,8-10,13,15-17,19-24,29-30H2,1-7H3,(H,56,71)(H,61,69)(H,62,68)(H2,59,60,63,64,65)/t34?,38-,42+,44-,47?/m0/s1. The lowest BCUT2D eigenvalue weighted by atomic mass is 9.83. The molecule has 3 aromatic heterocycles. The summed E-state index contributed by atoms with van der Waals surface area (Å²) < 4.78 is 45.3. The van der Waals surface area contributed by atoms with Crippen LogP contribution in [0.4, 0.5) is 22.4 Å². The Morgan fingerprint density at radius 1 is 0.909 bits per heavy atom. The molecule has 0 bridgehead atoms. The van der Waals surface area contributed by atoms with Crippen molar-refractivity contribution in [3.63, 3.8) is 0 Å². The maximum absolute atomic E-state index is 14.9. The number of hydrogen-bond donors (Lipinski definition) is 5. The SMILES string of the molecule is CNC(=O)OC(C)C(=O)NC(C(=O)N1C[C@@H](Oc2cnc(N3CCC(COc4cc5ncnc(Nc6n[nH]c(C)c6C)c5cc4S(=O)(=O)C(C)(C)C)CC3)nc2)C[C@H]1C(=O)N[C@@H]1CCCc2ccccc21)C1CCCCC1. The van der Waals surface area contributed by atoms with E-state index in [0.717, 1.165) is 81.0 Å². The molecule has 412 valence electrons. The van der Waals surface area contributed by atoms with Gasteiger partial charge in [-0.2, -0.15) is 5.10 Å². The summed E-state index contributed by atoms with van der Waals surface area (Å²) >= 11 is 0. The van der Waals surface area contributed by atoms with E-state index in [1.807, 2.05) is 32.0 Å². The number of carbonyl (C=O) groups is 4. The molecule has 2 aliphatic heterocycles. The van der Waals surface area contributed by atoms with E-state index in [2.05, 4.69) is 62.4 Å². The summed E-state index contributed by atoms with van der Waals surface area (Å²) in [6.45, 7) is 11.9. The second kappa shape index (κ2) is 23.2. The van der Waals surface area contributed by atoms with Crippen LogP contribution in [0.3, 0.4) is 0 Å². The van der Waals surface area contributed by atoms with Crippen LogP contribution < -0.4 is 35.6 Å². The number of benzene rings is 2. The number of aryl methyl sites for hydroxylation is 2. The Balaban J connectivity index is 0.865. The number of amides is 4. The van der Waals surface area contributed by atoms with E-state index in [1.54, 1.807) is 50.2 Å². The van der Waals surface area contributed by atoms with Crippen LogP contribution in [0, 0.1) is 25.7 Å². The number of sulfone groups is 1. The number of rotatable bonds is 16. The summed E-state index contributed by atoms with van der Waals surface area (Å²) in [5.41, 5.74) is 4.60. The van der Waals surface area contributed by atoms with E-state index in [4.69, 9.17) is 14.2 Å². The quantitative estimate of drug-likeness (QED) is 0.0686. The maximum Gasteiger partial charge on any atom is 0.407 e. The number of ether oxygens (including phenoxy) is 3. The van der Waals surface area contributed by atoms with Crippen molar-refractivity contribution in [1.29, 1.82) is 0 Å². The number of nitrogens with zero attached hydrogens (tertiary/aromatic N) is 7. The highest BCUT2D eigenvalue weighted by molar-refractivity contribution is 7.92. The van der Waals surface area contributed by atoms with Gasteiger partial charge in [-0.3, -0.25) is 19.5 Å². The Morgan fingerprint density at radius 3 is 2.35 bits per heavy atom. The van der Waals surface area contributed by atoms with Crippen LogP contribution in [0.5, 0.6) is 11.5 Å². The summed E-state index contributed by atoms with van der Waals surface area (Å²) in [6, 6.07) is 9.32. The molecule has 22 heteroatoms. The zero-order valence-corrected chi connectivity index (χ0v) is 45.9. The van der Waals surface area contributed by atoms with Gasteiger partial charge in [0.25, 0.3) is 5.91 Å². The van der Waals surface area contributed by atoms with Crippen molar-refractivity contribution in [2.24, 2.45) is 11.8 Å². The molecular weight excluding hydrogens is 1000 g/mol. The number of hydrogen-bond acceptors (Lipinski definition) is 16. The molecule has 5 heterocycles. The van der Waals surface area contributed by atoms with Gasteiger partial charge in [-0.25, -0.2) is 33.1 Å². The van der Waals surface area contributed by atoms with Gasteiger partial charge in [0.05, 0.1) is 41.9 Å². The summed E-state index contributed by atoms with van der Waals surface area (Å²) in [5, 5.41) is 19.6. The molecule has 5 N–H and O–H groups in total. The average molecular weight is 1080 g/mol. The number of carbonyl (C=O) groups excluding carboxylic acids is 4. The molecule has 1 saturated carbocycles. The van der Waals surface area contributed by atoms with Crippen molar-refractivity contribution in [3.05, 3.63) is 77.5 Å². The first-order chi connectivity index (χ1) is 36.9. The topological polar surface area (TPSA) is 265 Å². The van der Waals surface area contributed by atoms with Crippen LogP contribution in [-0.4, -0.2) is 130 Å². The molecule has 4 aliphatic rings. The minimum Gasteiger partial charge on any atom is -0.492 e. The third-order valence-electron chi connectivity index (χ3n) is 15.7. The largest absolute Gasteiger partial charge is 0.492 e. The molecule has 5 aromatic rings. The average Bonchev–Trinajstić information content (AvgIpc) is 4.04. The number of anilines is 3. The Bertz CT molecular complexity index is 3060. The first kappa shape index (κ1) is 54.7. The predicted molar refractivity (Wildman–Crippen MR) is 289 cm³/mol. The molecule has 9 rings (SSSR count). The summed E-state index contributed by atoms with van der Waals surface area (Å²) in [4.78, 5) is 77.0. The molecular formula is C55H72N12O9S. The highest BCUT2D eigenvalue weighted by Gasteiger charge is 2.46. The van der Waals surface area contributed by atoms with E-state index in [9.17, 15) is 27.6 Å². The molecule has 0 spiro atoms. The van der Waals surface area contributed by atoms with Crippen LogP contribution in [0.2, 0.25) is 0 Å². The molecule has 2 aliphatic carbocycles. The molecule has 21 nitrogen and oxygen atoms in total.